The monoisotopic (exact) mass is 167 g/mol. The fourth-order valence-corrected chi connectivity index (χ4v) is 1.80. The standard InChI is InChI=1S/C12H12B/c1-9-5-3-6-10-7-4-8-11(13-2)12(9)10/h3-8H,1-2H3. The first kappa shape index (κ1) is 8.37. The Morgan fingerprint density at radius 3 is 2.38 bits per heavy atom. The SMILES string of the molecule is C[B]c1cccc2cccc(C)c12. The third-order valence-corrected chi connectivity index (χ3v) is 2.46. The van der Waals surface area contributed by atoms with Crippen molar-refractivity contribution >= 4 is 23.5 Å². The lowest BCUT2D eigenvalue weighted by Crippen LogP contribution is -2.11. The second-order valence-electron chi connectivity index (χ2n) is 3.31. The maximum Gasteiger partial charge on any atom is 0.149 e. The zero-order chi connectivity index (χ0) is 9.26. The van der Waals surface area contributed by atoms with Crippen LogP contribution in [0, 0.1) is 6.92 Å². The van der Waals surface area contributed by atoms with Crippen molar-refractivity contribution in [2.45, 2.75) is 13.7 Å². The maximum atomic E-state index is 2.16. The van der Waals surface area contributed by atoms with Crippen molar-refractivity contribution in [1.82, 2.24) is 0 Å². The molecule has 0 aliphatic carbocycles. The zero-order valence-electron chi connectivity index (χ0n) is 8.04. The molecule has 0 fully saturated rings. The van der Waals surface area contributed by atoms with Gasteiger partial charge in [-0.05, 0) is 23.3 Å². The van der Waals surface area contributed by atoms with E-state index in [0.717, 1.165) is 0 Å². The smallest absolute Gasteiger partial charge is 0.0872 e. The van der Waals surface area contributed by atoms with Crippen molar-refractivity contribution in [3.05, 3.63) is 42.0 Å². The lowest BCUT2D eigenvalue weighted by molar-refractivity contribution is 1.54. The molecule has 13 heavy (non-hydrogen) atoms. The van der Waals surface area contributed by atoms with E-state index in [1.165, 1.54) is 21.8 Å². The van der Waals surface area contributed by atoms with Crippen LogP contribution in [0.15, 0.2) is 36.4 Å². The summed E-state index contributed by atoms with van der Waals surface area (Å²) >= 11 is 0. The van der Waals surface area contributed by atoms with E-state index in [9.17, 15) is 0 Å². The Morgan fingerprint density at radius 2 is 1.69 bits per heavy atom. The van der Waals surface area contributed by atoms with E-state index in [1.807, 2.05) is 0 Å². The van der Waals surface area contributed by atoms with Crippen molar-refractivity contribution < 1.29 is 0 Å². The van der Waals surface area contributed by atoms with Crippen molar-refractivity contribution in [1.29, 1.82) is 0 Å². The molecule has 2 rings (SSSR count). The van der Waals surface area contributed by atoms with Crippen molar-refractivity contribution in [2.24, 2.45) is 0 Å². The van der Waals surface area contributed by atoms with Gasteiger partial charge in [-0.1, -0.05) is 48.7 Å². The summed E-state index contributed by atoms with van der Waals surface area (Å²) in [5, 5.41) is 2.71. The van der Waals surface area contributed by atoms with Gasteiger partial charge >= 0.3 is 0 Å². The Bertz CT molecular complexity index is 427. The Balaban J connectivity index is 2.87. The fraction of sp³-hybridized carbons (Fsp3) is 0.167. The third kappa shape index (κ3) is 1.35. The minimum Gasteiger partial charge on any atom is -0.0872 e. The number of aryl methyl sites for hydroxylation is 1. The molecule has 0 atom stereocenters. The van der Waals surface area contributed by atoms with E-state index in [2.05, 4.69) is 57.4 Å². The summed E-state index contributed by atoms with van der Waals surface area (Å²) in [5.41, 5.74) is 2.68. The summed E-state index contributed by atoms with van der Waals surface area (Å²) in [6.07, 6.45) is 0. The topological polar surface area (TPSA) is 0 Å². The molecule has 0 saturated carbocycles. The fourth-order valence-electron chi connectivity index (χ4n) is 1.80. The van der Waals surface area contributed by atoms with Gasteiger partial charge in [-0.25, -0.2) is 0 Å². The average molecular weight is 167 g/mol. The minimum absolute atomic E-state index is 1.33. The minimum atomic E-state index is 1.33. The van der Waals surface area contributed by atoms with Crippen LogP contribution in [0.2, 0.25) is 6.82 Å². The van der Waals surface area contributed by atoms with Crippen LogP contribution < -0.4 is 5.46 Å². The summed E-state index contributed by atoms with van der Waals surface area (Å²) in [5.74, 6) is 0. The quantitative estimate of drug-likeness (QED) is 0.572. The Hall–Kier alpha value is -1.24. The lowest BCUT2D eigenvalue weighted by Gasteiger charge is -2.06. The highest BCUT2D eigenvalue weighted by Gasteiger charge is 2.00. The van der Waals surface area contributed by atoms with Gasteiger partial charge in [-0.2, -0.15) is 0 Å². The summed E-state index contributed by atoms with van der Waals surface area (Å²) < 4.78 is 0. The van der Waals surface area contributed by atoms with Gasteiger partial charge < -0.3 is 0 Å². The molecule has 63 valence electrons. The van der Waals surface area contributed by atoms with Crippen LogP contribution in [0.25, 0.3) is 10.8 Å². The average Bonchev–Trinajstić information content (AvgIpc) is 2.17. The molecular weight excluding hydrogens is 155 g/mol. The van der Waals surface area contributed by atoms with Crippen LogP contribution in [0.4, 0.5) is 0 Å². The zero-order valence-corrected chi connectivity index (χ0v) is 8.04. The van der Waals surface area contributed by atoms with Gasteiger partial charge in [0.15, 0.2) is 0 Å². The predicted molar refractivity (Wildman–Crippen MR) is 59.9 cm³/mol. The summed E-state index contributed by atoms with van der Waals surface area (Å²) in [7, 11) is 2.16. The molecule has 0 aliphatic rings. The number of rotatable bonds is 1. The molecule has 0 nitrogen and oxygen atoms in total. The first-order chi connectivity index (χ1) is 6.33. The van der Waals surface area contributed by atoms with Crippen molar-refractivity contribution in [2.75, 3.05) is 0 Å². The van der Waals surface area contributed by atoms with Gasteiger partial charge in [0.1, 0.15) is 7.28 Å². The molecule has 0 unspecified atom stereocenters. The molecule has 0 aliphatic heterocycles. The maximum absolute atomic E-state index is 2.16. The molecular formula is C12H12B. The first-order valence-electron chi connectivity index (χ1n) is 4.60. The summed E-state index contributed by atoms with van der Waals surface area (Å²) in [4.78, 5) is 0. The second kappa shape index (κ2) is 3.25. The van der Waals surface area contributed by atoms with E-state index >= 15 is 0 Å². The molecule has 0 spiro atoms. The molecule has 2 aromatic rings. The molecule has 2 aromatic carbocycles. The van der Waals surface area contributed by atoms with E-state index in [-0.39, 0.29) is 0 Å². The van der Waals surface area contributed by atoms with Gasteiger partial charge in [0, 0.05) is 0 Å². The number of hydrogen-bond donors (Lipinski definition) is 0. The Labute approximate surface area is 79.8 Å². The highest BCUT2D eigenvalue weighted by Crippen LogP contribution is 2.15. The van der Waals surface area contributed by atoms with Crippen LogP contribution in [-0.2, 0) is 0 Å². The normalized spacial score (nSPS) is 10.3. The van der Waals surface area contributed by atoms with Crippen LogP contribution in [0.3, 0.4) is 0 Å². The molecule has 0 N–H and O–H groups in total. The Kier molecular flexibility index (Phi) is 2.09. The van der Waals surface area contributed by atoms with Gasteiger partial charge in [0.25, 0.3) is 0 Å². The van der Waals surface area contributed by atoms with Gasteiger partial charge in [-0.15, -0.1) is 0 Å². The molecule has 0 aromatic heterocycles. The highest BCUT2D eigenvalue weighted by atomic mass is 14.0. The number of fused-ring (bicyclic) bond motifs is 1. The first-order valence-corrected chi connectivity index (χ1v) is 4.60. The molecule has 0 amide bonds. The van der Waals surface area contributed by atoms with Gasteiger partial charge in [-0.3, -0.25) is 0 Å². The van der Waals surface area contributed by atoms with Crippen LogP contribution in [-0.4, -0.2) is 7.28 Å². The van der Waals surface area contributed by atoms with Crippen LogP contribution in [0.1, 0.15) is 5.56 Å². The van der Waals surface area contributed by atoms with Gasteiger partial charge in [0.2, 0.25) is 0 Å². The molecule has 0 bridgehead atoms. The number of benzene rings is 2. The van der Waals surface area contributed by atoms with E-state index < -0.39 is 0 Å². The van der Waals surface area contributed by atoms with E-state index in [0.29, 0.717) is 0 Å². The summed E-state index contributed by atoms with van der Waals surface area (Å²) in [6.45, 7) is 4.25. The Morgan fingerprint density at radius 1 is 1.00 bits per heavy atom. The van der Waals surface area contributed by atoms with E-state index in [1.54, 1.807) is 0 Å². The molecule has 1 heteroatoms. The lowest BCUT2D eigenvalue weighted by atomic mass is 9.70. The molecule has 1 radical (unpaired) electrons. The number of hydrogen-bond acceptors (Lipinski definition) is 0. The molecule has 0 heterocycles. The predicted octanol–water partition coefficient (Wildman–Crippen LogP) is 2.53. The largest absolute Gasteiger partial charge is 0.149 e. The highest BCUT2D eigenvalue weighted by molar-refractivity contribution is 6.55. The van der Waals surface area contributed by atoms with Crippen molar-refractivity contribution in [3.63, 3.8) is 0 Å². The van der Waals surface area contributed by atoms with Crippen LogP contribution in [0.5, 0.6) is 0 Å². The second-order valence-corrected chi connectivity index (χ2v) is 3.31. The van der Waals surface area contributed by atoms with Crippen molar-refractivity contribution in [3.8, 4) is 0 Å². The van der Waals surface area contributed by atoms with Gasteiger partial charge in [0.05, 0.1) is 0 Å². The van der Waals surface area contributed by atoms with Crippen LogP contribution >= 0.6 is 0 Å². The third-order valence-electron chi connectivity index (χ3n) is 2.46. The molecule has 0 saturated heterocycles. The van der Waals surface area contributed by atoms with E-state index in [4.69, 9.17) is 0 Å². The summed E-state index contributed by atoms with van der Waals surface area (Å²) in [6, 6.07) is 12.9.